The van der Waals surface area contributed by atoms with Crippen molar-refractivity contribution in [3.05, 3.63) is 40.1 Å². The van der Waals surface area contributed by atoms with Crippen LogP contribution in [0.2, 0.25) is 0 Å². The van der Waals surface area contributed by atoms with Gasteiger partial charge in [0.05, 0.1) is 5.69 Å². The number of nitrogens with zero attached hydrogens (tertiary/aromatic N) is 1. The molecule has 3 N–H and O–H groups in total. The highest BCUT2D eigenvalue weighted by Gasteiger charge is 2.16. The molecule has 0 amide bonds. The third-order valence-corrected chi connectivity index (χ3v) is 5.28. The predicted molar refractivity (Wildman–Crippen MR) is 75.9 cm³/mol. The molecule has 0 aliphatic rings. The standard InChI is InChI=1S/C11H13N3O3S2/c1-2-14-6-9(3-4-10(14)15)13-19(16,17)11-5-8(12)7-18-11/h3-7,13H,2,12H2,1H3. The third-order valence-electron chi connectivity index (χ3n) is 2.44. The van der Waals surface area contributed by atoms with E-state index in [1.54, 1.807) is 12.3 Å². The van der Waals surface area contributed by atoms with Gasteiger partial charge in [0.25, 0.3) is 15.6 Å². The number of aryl methyl sites for hydroxylation is 1. The fourth-order valence-electron chi connectivity index (χ4n) is 1.52. The van der Waals surface area contributed by atoms with Gasteiger partial charge in [-0.05, 0) is 19.1 Å². The third kappa shape index (κ3) is 2.96. The van der Waals surface area contributed by atoms with Gasteiger partial charge in [0, 0.05) is 29.9 Å². The zero-order valence-electron chi connectivity index (χ0n) is 10.2. The van der Waals surface area contributed by atoms with Crippen molar-refractivity contribution in [1.29, 1.82) is 0 Å². The van der Waals surface area contributed by atoms with Crippen LogP contribution in [0.5, 0.6) is 0 Å². The Bertz CT molecular complexity index is 747. The molecule has 2 heterocycles. The summed E-state index contributed by atoms with van der Waals surface area (Å²) in [5.41, 5.74) is 6.08. The lowest BCUT2D eigenvalue weighted by Crippen LogP contribution is -2.19. The van der Waals surface area contributed by atoms with E-state index in [4.69, 9.17) is 5.73 Å². The highest BCUT2D eigenvalue weighted by Crippen LogP contribution is 2.23. The molecule has 6 nitrogen and oxygen atoms in total. The predicted octanol–water partition coefficient (Wildman–Crippen LogP) is 1.31. The van der Waals surface area contributed by atoms with Crippen molar-refractivity contribution in [2.24, 2.45) is 0 Å². The molecular weight excluding hydrogens is 286 g/mol. The molecule has 0 unspecified atom stereocenters. The van der Waals surface area contributed by atoms with Gasteiger partial charge in [-0.1, -0.05) is 0 Å². The van der Waals surface area contributed by atoms with Gasteiger partial charge in [-0.3, -0.25) is 9.52 Å². The lowest BCUT2D eigenvalue weighted by atomic mass is 10.4. The molecule has 2 rings (SSSR count). The van der Waals surface area contributed by atoms with Gasteiger partial charge in [0.1, 0.15) is 4.21 Å². The van der Waals surface area contributed by atoms with Crippen molar-refractivity contribution in [3.8, 4) is 0 Å². The monoisotopic (exact) mass is 299 g/mol. The molecule has 0 fully saturated rings. The second kappa shape index (κ2) is 5.06. The summed E-state index contributed by atoms with van der Waals surface area (Å²) in [4.78, 5) is 11.4. The summed E-state index contributed by atoms with van der Waals surface area (Å²) in [6, 6.07) is 4.15. The smallest absolute Gasteiger partial charge is 0.271 e. The molecule has 0 saturated carbocycles. The Morgan fingerprint density at radius 3 is 2.74 bits per heavy atom. The number of hydrogen-bond acceptors (Lipinski definition) is 5. The number of thiophene rings is 1. The zero-order chi connectivity index (χ0) is 14.0. The van der Waals surface area contributed by atoms with E-state index in [0.717, 1.165) is 11.3 Å². The molecule has 2 aromatic rings. The van der Waals surface area contributed by atoms with Crippen LogP contribution in [-0.4, -0.2) is 13.0 Å². The second-order valence-electron chi connectivity index (χ2n) is 3.85. The Morgan fingerprint density at radius 2 is 2.16 bits per heavy atom. The van der Waals surface area contributed by atoms with E-state index in [-0.39, 0.29) is 9.77 Å². The summed E-state index contributed by atoms with van der Waals surface area (Å²) >= 11 is 1.04. The molecule has 2 aromatic heterocycles. The van der Waals surface area contributed by atoms with Crippen molar-refractivity contribution >= 4 is 32.7 Å². The molecule has 102 valence electrons. The molecular formula is C11H13N3O3S2. The van der Waals surface area contributed by atoms with Gasteiger partial charge in [-0.15, -0.1) is 11.3 Å². The maximum atomic E-state index is 12.1. The van der Waals surface area contributed by atoms with Gasteiger partial charge in [-0.2, -0.15) is 0 Å². The Balaban J connectivity index is 2.33. The van der Waals surface area contributed by atoms with Crippen LogP contribution >= 0.6 is 11.3 Å². The maximum Gasteiger partial charge on any atom is 0.271 e. The Labute approximate surface area is 114 Å². The Kier molecular flexibility index (Phi) is 3.63. The topological polar surface area (TPSA) is 94.2 Å². The first-order chi connectivity index (χ1) is 8.92. The number of nitrogens with one attached hydrogen (secondary N) is 1. The average Bonchev–Trinajstić information content (AvgIpc) is 2.79. The first-order valence-electron chi connectivity index (χ1n) is 5.49. The molecule has 0 radical (unpaired) electrons. The minimum atomic E-state index is -3.66. The largest absolute Gasteiger partial charge is 0.398 e. The Hall–Kier alpha value is -1.80. The minimum Gasteiger partial charge on any atom is -0.398 e. The number of pyridine rings is 1. The van der Waals surface area contributed by atoms with Crippen molar-refractivity contribution in [1.82, 2.24) is 4.57 Å². The van der Waals surface area contributed by atoms with Crippen LogP contribution in [0.25, 0.3) is 0 Å². The van der Waals surface area contributed by atoms with Gasteiger partial charge < -0.3 is 10.3 Å². The average molecular weight is 299 g/mol. The Morgan fingerprint density at radius 1 is 1.42 bits per heavy atom. The number of rotatable bonds is 4. The lowest BCUT2D eigenvalue weighted by molar-refractivity contribution is 0.603. The molecule has 0 aromatic carbocycles. The minimum absolute atomic E-state index is 0.138. The van der Waals surface area contributed by atoms with Crippen LogP contribution < -0.4 is 16.0 Å². The van der Waals surface area contributed by atoms with E-state index in [0.29, 0.717) is 17.9 Å². The fraction of sp³-hybridized carbons (Fsp3) is 0.182. The highest BCUT2D eigenvalue weighted by molar-refractivity contribution is 7.94. The van der Waals surface area contributed by atoms with Crippen LogP contribution in [0.1, 0.15) is 6.92 Å². The second-order valence-corrected chi connectivity index (χ2v) is 6.67. The highest BCUT2D eigenvalue weighted by atomic mass is 32.2. The molecule has 0 aliphatic carbocycles. The van der Waals surface area contributed by atoms with Crippen molar-refractivity contribution < 1.29 is 8.42 Å². The normalized spacial score (nSPS) is 11.4. The summed E-state index contributed by atoms with van der Waals surface area (Å²) in [6.07, 6.45) is 1.47. The first-order valence-corrected chi connectivity index (χ1v) is 7.86. The summed E-state index contributed by atoms with van der Waals surface area (Å²) in [7, 11) is -3.66. The number of sulfonamides is 1. The summed E-state index contributed by atoms with van der Waals surface area (Å²) < 4.78 is 28.1. The summed E-state index contributed by atoms with van der Waals surface area (Å²) in [6.45, 7) is 2.28. The molecule has 8 heteroatoms. The molecule has 0 aliphatic heterocycles. The van der Waals surface area contributed by atoms with E-state index in [1.165, 1.54) is 29.0 Å². The molecule has 0 spiro atoms. The number of hydrogen-bond donors (Lipinski definition) is 2. The molecule has 0 atom stereocenters. The van der Waals surface area contributed by atoms with Crippen LogP contribution in [-0.2, 0) is 16.6 Å². The summed E-state index contributed by atoms with van der Waals surface area (Å²) in [5, 5.41) is 1.56. The number of nitrogen functional groups attached to an aromatic ring is 1. The van der Waals surface area contributed by atoms with Gasteiger partial charge in [-0.25, -0.2) is 8.42 Å². The quantitative estimate of drug-likeness (QED) is 0.890. The molecule has 0 bridgehead atoms. The van der Waals surface area contributed by atoms with Crippen LogP contribution in [0.15, 0.2) is 38.8 Å². The van der Waals surface area contributed by atoms with Crippen molar-refractivity contribution in [2.45, 2.75) is 17.7 Å². The van der Waals surface area contributed by atoms with Crippen LogP contribution in [0.3, 0.4) is 0 Å². The van der Waals surface area contributed by atoms with E-state index in [9.17, 15) is 13.2 Å². The lowest BCUT2D eigenvalue weighted by Gasteiger charge is -2.08. The fourth-order valence-corrected chi connectivity index (χ4v) is 3.64. The zero-order valence-corrected chi connectivity index (χ0v) is 11.8. The van der Waals surface area contributed by atoms with Crippen LogP contribution in [0.4, 0.5) is 11.4 Å². The van der Waals surface area contributed by atoms with E-state index in [1.807, 2.05) is 0 Å². The first kappa shape index (κ1) is 13.6. The van der Waals surface area contributed by atoms with Crippen molar-refractivity contribution in [3.63, 3.8) is 0 Å². The van der Waals surface area contributed by atoms with Gasteiger partial charge in [0.15, 0.2) is 0 Å². The van der Waals surface area contributed by atoms with Crippen molar-refractivity contribution in [2.75, 3.05) is 10.5 Å². The van der Waals surface area contributed by atoms with Gasteiger partial charge >= 0.3 is 0 Å². The maximum absolute atomic E-state index is 12.1. The van der Waals surface area contributed by atoms with Gasteiger partial charge in [0.2, 0.25) is 0 Å². The number of aromatic nitrogens is 1. The summed E-state index contributed by atoms with van der Waals surface area (Å²) in [5.74, 6) is 0. The SMILES string of the molecule is CCn1cc(NS(=O)(=O)c2cc(N)cs2)ccc1=O. The molecule has 0 saturated heterocycles. The number of anilines is 2. The van der Waals surface area contributed by atoms with E-state index in [2.05, 4.69) is 4.72 Å². The number of nitrogens with two attached hydrogens (primary N) is 1. The van der Waals surface area contributed by atoms with E-state index >= 15 is 0 Å². The molecule has 19 heavy (non-hydrogen) atoms. The van der Waals surface area contributed by atoms with Crippen LogP contribution in [0, 0.1) is 0 Å². The van der Waals surface area contributed by atoms with E-state index < -0.39 is 10.0 Å².